The maximum absolute atomic E-state index is 12.1. The van der Waals surface area contributed by atoms with Crippen LogP contribution < -0.4 is 5.32 Å². The molecule has 0 aliphatic carbocycles. The maximum atomic E-state index is 12.1. The SMILES string of the molecule is O=C(NCc1nnnn1-c1ccc(Cl)cc1)c1ccc(Br)cc1. The van der Waals surface area contributed by atoms with Crippen LogP contribution in [0.1, 0.15) is 16.2 Å². The third kappa shape index (κ3) is 3.75. The predicted molar refractivity (Wildman–Crippen MR) is 89.5 cm³/mol. The number of nitrogens with zero attached hydrogens (tertiary/aromatic N) is 4. The van der Waals surface area contributed by atoms with Crippen LogP contribution in [0.15, 0.2) is 53.0 Å². The van der Waals surface area contributed by atoms with Gasteiger partial charge in [0.25, 0.3) is 5.91 Å². The van der Waals surface area contributed by atoms with Gasteiger partial charge in [0, 0.05) is 15.1 Å². The average Bonchev–Trinajstić information content (AvgIpc) is 3.02. The van der Waals surface area contributed by atoms with Crippen molar-refractivity contribution in [2.45, 2.75) is 6.54 Å². The van der Waals surface area contributed by atoms with Crippen LogP contribution in [0.5, 0.6) is 0 Å². The van der Waals surface area contributed by atoms with Crippen molar-refractivity contribution in [3.05, 3.63) is 69.4 Å². The van der Waals surface area contributed by atoms with Crippen LogP contribution in [-0.2, 0) is 6.54 Å². The van der Waals surface area contributed by atoms with Crippen molar-refractivity contribution in [1.82, 2.24) is 25.5 Å². The van der Waals surface area contributed by atoms with Crippen LogP contribution in [0, 0.1) is 0 Å². The molecule has 0 fully saturated rings. The number of hydrogen-bond donors (Lipinski definition) is 1. The van der Waals surface area contributed by atoms with Crippen LogP contribution in [0.2, 0.25) is 5.02 Å². The Bertz CT molecular complexity index is 817. The molecule has 0 spiro atoms. The molecule has 0 aliphatic heterocycles. The summed E-state index contributed by atoms with van der Waals surface area (Å²) in [6.07, 6.45) is 0. The molecule has 1 heterocycles. The molecule has 23 heavy (non-hydrogen) atoms. The smallest absolute Gasteiger partial charge is 0.251 e. The maximum Gasteiger partial charge on any atom is 0.251 e. The number of carbonyl (C=O) groups excluding carboxylic acids is 1. The van der Waals surface area contributed by atoms with Crippen molar-refractivity contribution in [2.24, 2.45) is 0 Å². The summed E-state index contributed by atoms with van der Waals surface area (Å²) in [4.78, 5) is 12.1. The summed E-state index contributed by atoms with van der Waals surface area (Å²) in [5.74, 6) is 0.334. The average molecular weight is 393 g/mol. The monoisotopic (exact) mass is 391 g/mol. The highest BCUT2D eigenvalue weighted by Gasteiger charge is 2.11. The number of amides is 1. The fourth-order valence-electron chi connectivity index (χ4n) is 1.96. The second kappa shape index (κ2) is 6.89. The minimum Gasteiger partial charge on any atom is -0.345 e. The predicted octanol–water partition coefficient (Wildman–Crippen LogP) is 3.01. The lowest BCUT2D eigenvalue weighted by Crippen LogP contribution is -2.24. The van der Waals surface area contributed by atoms with E-state index in [1.807, 2.05) is 12.1 Å². The van der Waals surface area contributed by atoms with Crippen molar-refractivity contribution >= 4 is 33.4 Å². The van der Waals surface area contributed by atoms with Gasteiger partial charge in [-0.25, -0.2) is 0 Å². The van der Waals surface area contributed by atoms with Gasteiger partial charge in [0.05, 0.1) is 12.2 Å². The molecule has 3 rings (SSSR count). The number of tetrazole rings is 1. The molecule has 0 atom stereocenters. The summed E-state index contributed by atoms with van der Waals surface area (Å²) in [6.45, 7) is 0.213. The first-order chi connectivity index (χ1) is 11.1. The molecule has 0 saturated carbocycles. The molecule has 0 bridgehead atoms. The van der Waals surface area contributed by atoms with E-state index in [9.17, 15) is 4.79 Å². The first-order valence-electron chi connectivity index (χ1n) is 6.70. The molecule has 0 radical (unpaired) electrons. The van der Waals surface area contributed by atoms with E-state index in [1.54, 1.807) is 41.1 Å². The summed E-state index contributed by atoms with van der Waals surface area (Å²) in [6, 6.07) is 14.2. The second-order valence-corrected chi connectivity index (χ2v) is 6.03. The highest BCUT2D eigenvalue weighted by atomic mass is 79.9. The van der Waals surface area contributed by atoms with Crippen LogP contribution in [0.25, 0.3) is 5.69 Å². The Morgan fingerprint density at radius 3 is 2.52 bits per heavy atom. The molecule has 116 valence electrons. The molecule has 1 N–H and O–H groups in total. The van der Waals surface area contributed by atoms with Crippen molar-refractivity contribution in [3.63, 3.8) is 0 Å². The normalized spacial score (nSPS) is 10.5. The van der Waals surface area contributed by atoms with Gasteiger partial charge in [0.2, 0.25) is 0 Å². The van der Waals surface area contributed by atoms with Crippen molar-refractivity contribution < 1.29 is 4.79 Å². The fraction of sp³-hybridized carbons (Fsp3) is 0.0667. The number of aromatic nitrogens is 4. The number of hydrogen-bond acceptors (Lipinski definition) is 4. The Hall–Kier alpha value is -2.25. The summed E-state index contributed by atoms with van der Waals surface area (Å²) in [5.41, 5.74) is 1.34. The molecule has 6 nitrogen and oxygen atoms in total. The third-order valence-electron chi connectivity index (χ3n) is 3.12. The zero-order chi connectivity index (χ0) is 16.2. The molecule has 0 saturated heterocycles. The Balaban J connectivity index is 1.72. The van der Waals surface area contributed by atoms with Crippen molar-refractivity contribution in [1.29, 1.82) is 0 Å². The van der Waals surface area contributed by atoms with Crippen molar-refractivity contribution in [3.8, 4) is 5.69 Å². The topological polar surface area (TPSA) is 72.7 Å². The summed E-state index contributed by atoms with van der Waals surface area (Å²) >= 11 is 9.21. The van der Waals surface area contributed by atoms with Crippen LogP contribution in [0.4, 0.5) is 0 Å². The Morgan fingerprint density at radius 1 is 1.13 bits per heavy atom. The van der Waals surface area contributed by atoms with Crippen molar-refractivity contribution in [2.75, 3.05) is 0 Å². The van der Waals surface area contributed by atoms with Gasteiger partial charge in [-0.3, -0.25) is 4.79 Å². The summed E-state index contributed by atoms with van der Waals surface area (Å²) < 4.78 is 2.47. The lowest BCUT2D eigenvalue weighted by molar-refractivity contribution is 0.0949. The molecule has 0 aliphatic rings. The highest BCUT2D eigenvalue weighted by molar-refractivity contribution is 9.10. The van der Waals surface area contributed by atoms with E-state index in [0.717, 1.165) is 10.2 Å². The lowest BCUT2D eigenvalue weighted by atomic mass is 10.2. The zero-order valence-corrected chi connectivity index (χ0v) is 14.1. The van der Waals surface area contributed by atoms with E-state index in [2.05, 4.69) is 36.8 Å². The van der Waals surface area contributed by atoms with Crippen LogP contribution in [-0.4, -0.2) is 26.1 Å². The molecular formula is C15H11BrClN5O. The fourth-order valence-corrected chi connectivity index (χ4v) is 2.35. The highest BCUT2D eigenvalue weighted by Crippen LogP contribution is 2.14. The lowest BCUT2D eigenvalue weighted by Gasteiger charge is -2.06. The van der Waals surface area contributed by atoms with Gasteiger partial charge < -0.3 is 5.32 Å². The quantitative estimate of drug-likeness (QED) is 0.741. The second-order valence-electron chi connectivity index (χ2n) is 4.67. The standard InChI is InChI=1S/C15H11BrClN5O/c16-11-3-1-10(2-4-11)15(23)18-9-14-19-20-21-22(14)13-7-5-12(17)6-8-13/h1-8H,9H2,(H,18,23). The Labute approximate surface area is 145 Å². The van der Waals surface area contributed by atoms with E-state index in [1.165, 1.54) is 0 Å². The molecule has 2 aromatic carbocycles. The number of nitrogens with one attached hydrogen (secondary N) is 1. The molecule has 0 unspecified atom stereocenters. The van der Waals surface area contributed by atoms with E-state index in [-0.39, 0.29) is 12.5 Å². The number of benzene rings is 2. The number of halogens is 2. The minimum absolute atomic E-state index is 0.192. The summed E-state index contributed by atoms with van der Waals surface area (Å²) in [5, 5.41) is 15.0. The van der Waals surface area contributed by atoms with Gasteiger partial charge in [0.1, 0.15) is 0 Å². The Kier molecular flexibility index (Phi) is 4.68. The van der Waals surface area contributed by atoms with Gasteiger partial charge in [-0.2, -0.15) is 4.68 Å². The molecular weight excluding hydrogens is 382 g/mol. The van der Waals surface area contributed by atoms with E-state index >= 15 is 0 Å². The van der Waals surface area contributed by atoms with Crippen LogP contribution in [0.3, 0.4) is 0 Å². The molecule has 3 aromatic rings. The minimum atomic E-state index is -0.192. The van der Waals surface area contributed by atoms with Gasteiger partial charge >= 0.3 is 0 Å². The van der Waals surface area contributed by atoms with Gasteiger partial charge in [-0.1, -0.05) is 27.5 Å². The Morgan fingerprint density at radius 2 is 1.83 bits per heavy atom. The molecule has 1 aromatic heterocycles. The molecule has 1 amide bonds. The largest absolute Gasteiger partial charge is 0.345 e. The van der Waals surface area contributed by atoms with Gasteiger partial charge in [-0.05, 0) is 59.0 Å². The van der Waals surface area contributed by atoms with E-state index in [4.69, 9.17) is 11.6 Å². The van der Waals surface area contributed by atoms with E-state index in [0.29, 0.717) is 16.4 Å². The summed E-state index contributed by atoms with van der Waals surface area (Å²) in [7, 11) is 0. The van der Waals surface area contributed by atoms with E-state index < -0.39 is 0 Å². The number of carbonyl (C=O) groups is 1. The van der Waals surface area contributed by atoms with Gasteiger partial charge in [0.15, 0.2) is 5.82 Å². The third-order valence-corrected chi connectivity index (χ3v) is 3.90. The zero-order valence-electron chi connectivity index (χ0n) is 11.8. The van der Waals surface area contributed by atoms with Crippen LogP contribution >= 0.6 is 27.5 Å². The van der Waals surface area contributed by atoms with Gasteiger partial charge in [-0.15, -0.1) is 5.10 Å². The first kappa shape index (κ1) is 15.6. The molecule has 8 heteroatoms. The first-order valence-corrected chi connectivity index (χ1v) is 7.87. The number of rotatable bonds is 4.